The molecule has 0 heterocycles. The van der Waals surface area contributed by atoms with E-state index in [0.29, 0.717) is 17.8 Å². The molecular weight excluding hydrogens is 338 g/mol. The number of non-ortho nitro benzene ring substituents is 1. The second-order valence-electron chi connectivity index (χ2n) is 7.24. The van der Waals surface area contributed by atoms with Gasteiger partial charge < -0.3 is 9.47 Å². The van der Waals surface area contributed by atoms with Crippen LogP contribution in [-0.2, 0) is 14.3 Å². The number of esters is 2. The summed E-state index contributed by atoms with van der Waals surface area (Å²) in [4.78, 5) is 34.2. The molecule has 1 aliphatic carbocycles. The van der Waals surface area contributed by atoms with Gasteiger partial charge in [0.05, 0.1) is 10.5 Å². The van der Waals surface area contributed by atoms with Gasteiger partial charge in [-0.15, -0.1) is 0 Å². The molecule has 7 heteroatoms. The number of nitrogens with zero attached hydrogens (tertiary/aromatic N) is 1. The first-order valence-corrected chi connectivity index (χ1v) is 8.89. The Hall–Kier alpha value is -2.44. The summed E-state index contributed by atoms with van der Waals surface area (Å²) in [5.74, 6) is -0.165. The third-order valence-electron chi connectivity index (χ3n) is 4.86. The molecular formula is C19H25NO6. The lowest BCUT2D eigenvalue weighted by Gasteiger charge is -2.36. The first kappa shape index (κ1) is 19.9. The third-order valence-corrected chi connectivity index (χ3v) is 4.86. The van der Waals surface area contributed by atoms with Gasteiger partial charge in [0.15, 0.2) is 6.61 Å². The lowest BCUT2D eigenvalue weighted by Crippen LogP contribution is -2.36. The van der Waals surface area contributed by atoms with Crippen molar-refractivity contribution in [1.29, 1.82) is 0 Å². The quantitative estimate of drug-likeness (QED) is 0.434. The number of nitro benzene ring substituents is 1. The summed E-state index contributed by atoms with van der Waals surface area (Å²) in [6, 6.07) is 5.19. The van der Waals surface area contributed by atoms with E-state index in [4.69, 9.17) is 9.47 Å². The molecule has 1 aliphatic rings. The van der Waals surface area contributed by atoms with Crippen LogP contribution in [0.1, 0.15) is 50.4 Å². The van der Waals surface area contributed by atoms with Crippen molar-refractivity contribution in [2.24, 2.45) is 17.8 Å². The predicted molar refractivity (Wildman–Crippen MR) is 94.6 cm³/mol. The van der Waals surface area contributed by atoms with Gasteiger partial charge in [0.1, 0.15) is 6.10 Å². The summed E-state index contributed by atoms with van der Waals surface area (Å²) in [6.07, 6.45) is 2.79. The molecule has 1 aromatic carbocycles. The lowest BCUT2D eigenvalue weighted by atomic mass is 9.75. The first-order chi connectivity index (χ1) is 12.3. The molecule has 1 aromatic rings. The Morgan fingerprint density at radius 1 is 1.31 bits per heavy atom. The van der Waals surface area contributed by atoms with Crippen molar-refractivity contribution in [3.8, 4) is 0 Å². The number of benzene rings is 1. The summed E-state index contributed by atoms with van der Waals surface area (Å²) >= 11 is 0. The molecule has 142 valence electrons. The molecule has 2 rings (SSSR count). The van der Waals surface area contributed by atoms with E-state index in [-0.39, 0.29) is 17.4 Å². The largest absolute Gasteiger partial charge is 0.460 e. The van der Waals surface area contributed by atoms with Crippen LogP contribution in [0.25, 0.3) is 0 Å². The van der Waals surface area contributed by atoms with Crippen molar-refractivity contribution in [1.82, 2.24) is 0 Å². The van der Waals surface area contributed by atoms with Crippen LogP contribution in [0, 0.1) is 27.9 Å². The third kappa shape index (κ3) is 5.28. The summed E-state index contributed by atoms with van der Waals surface area (Å²) in [7, 11) is 0. The van der Waals surface area contributed by atoms with Crippen LogP contribution in [0.3, 0.4) is 0 Å². The highest BCUT2D eigenvalue weighted by molar-refractivity contribution is 5.91. The van der Waals surface area contributed by atoms with Gasteiger partial charge in [-0.25, -0.2) is 9.59 Å². The van der Waals surface area contributed by atoms with E-state index in [1.54, 1.807) is 0 Å². The minimum absolute atomic E-state index is 0.0262. The highest BCUT2D eigenvalue weighted by atomic mass is 16.6. The maximum absolute atomic E-state index is 12.1. The summed E-state index contributed by atoms with van der Waals surface area (Å²) in [6.45, 7) is 5.87. The van der Waals surface area contributed by atoms with E-state index >= 15 is 0 Å². The Morgan fingerprint density at radius 3 is 2.69 bits per heavy atom. The van der Waals surface area contributed by atoms with Gasteiger partial charge in [-0.1, -0.05) is 33.3 Å². The molecule has 1 fully saturated rings. The lowest BCUT2D eigenvalue weighted by molar-refractivity contribution is -0.384. The molecule has 0 bridgehead atoms. The van der Waals surface area contributed by atoms with Crippen LogP contribution in [0.4, 0.5) is 5.69 Å². The molecule has 0 N–H and O–H groups in total. The average Bonchev–Trinajstić information content (AvgIpc) is 2.59. The molecule has 3 unspecified atom stereocenters. The van der Waals surface area contributed by atoms with Gasteiger partial charge in [0, 0.05) is 12.1 Å². The van der Waals surface area contributed by atoms with E-state index in [1.165, 1.54) is 18.2 Å². The van der Waals surface area contributed by atoms with Crippen LogP contribution in [-0.4, -0.2) is 29.6 Å². The van der Waals surface area contributed by atoms with Gasteiger partial charge in [0.2, 0.25) is 0 Å². The van der Waals surface area contributed by atoms with E-state index in [1.807, 2.05) is 0 Å². The van der Waals surface area contributed by atoms with Crippen LogP contribution in [0.5, 0.6) is 0 Å². The number of rotatable bonds is 6. The number of nitro groups is 1. The van der Waals surface area contributed by atoms with Crippen LogP contribution >= 0.6 is 0 Å². The SMILES string of the molecule is CC1CCC(C(C)C)C(OC(=O)COC(=O)c2cccc([N+](=O)[O-])c2)C1. The van der Waals surface area contributed by atoms with Gasteiger partial charge in [-0.05, 0) is 36.7 Å². The summed E-state index contributed by atoms with van der Waals surface area (Å²) < 4.78 is 10.5. The number of ether oxygens (including phenoxy) is 2. The fraction of sp³-hybridized carbons (Fsp3) is 0.579. The van der Waals surface area contributed by atoms with Crippen molar-refractivity contribution >= 4 is 17.6 Å². The van der Waals surface area contributed by atoms with Crippen molar-refractivity contribution < 1.29 is 24.0 Å². The standard InChI is InChI=1S/C19H25NO6/c1-12(2)16-8-7-13(3)9-17(16)26-18(21)11-25-19(22)14-5-4-6-15(10-14)20(23)24/h4-6,10,12-13,16-17H,7-9,11H2,1-3H3. The normalized spacial score (nSPS) is 22.7. The van der Waals surface area contributed by atoms with E-state index in [0.717, 1.165) is 25.3 Å². The fourth-order valence-electron chi connectivity index (χ4n) is 3.41. The highest BCUT2D eigenvalue weighted by Gasteiger charge is 2.33. The minimum atomic E-state index is -0.789. The average molecular weight is 363 g/mol. The molecule has 1 saturated carbocycles. The van der Waals surface area contributed by atoms with Gasteiger partial charge in [-0.2, -0.15) is 0 Å². The number of hydrogen-bond acceptors (Lipinski definition) is 6. The monoisotopic (exact) mass is 363 g/mol. The zero-order chi connectivity index (χ0) is 19.3. The minimum Gasteiger partial charge on any atom is -0.460 e. The topological polar surface area (TPSA) is 95.7 Å². The number of hydrogen-bond donors (Lipinski definition) is 0. The molecule has 0 amide bonds. The van der Waals surface area contributed by atoms with Crippen molar-refractivity contribution in [3.05, 3.63) is 39.9 Å². The number of carbonyl (C=O) groups is 2. The van der Waals surface area contributed by atoms with Crippen LogP contribution in [0.2, 0.25) is 0 Å². The smallest absolute Gasteiger partial charge is 0.344 e. The summed E-state index contributed by atoms with van der Waals surface area (Å²) in [5, 5.41) is 10.8. The summed E-state index contributed by atoms with van der Waals surface area (Å²) in [5.41, 5.74) is -0.184. The number of carbonyl (C=O) groups excluding carboxylic acids is 2. The molecule has 0 saturated heterocycles. The maximum atomic E-state index is 12.1. The van der Waals surface area contributed by atoms with Crippen LogP contribution in [0.15, 0.2) is 24.3 Å². The van der Waals surface area contributed by atoms with Gasteiger partial charge >= 0.3 is 11.9 Å². The Bertz CT molecular complexity index is 672. The Balaban J connectivity index is 1.90. The Kier molecular flexibility index (Phi) is 6.71. The zero-order valence-corrected chi connectivity index (χ0v) is 15.3. The van der Waals surface area contributed by atoms with Crippen LogP contribution < -0.4 is 0 Å². The van der Waals surface area contributed by atoms with Crippen molar-refractivity contribution in [2.45, 2.75) is 46.1 Å². The predicted octanol–water partition coefficient (Wildman–Crippen LogP) is 3.76. The highest BCUT2D eigenvalue weighted by Crippen LogP contribution is 2.35. The van der Waals surface area contributed by atoms with E-state index in [2.05, 4.69) is 20.8 Å². The zero-order valence-electron chi connectivity index (χ0n) is 15.3. The maximum Gasteiger partial charge on any atom is 0.344 e. The second kappa shape index (κ2) is 8.78. The molecule has 26 heavy (non-hydrogen) atoms. The van der Waals surface area contributed by atoms with Gasteiger partial charge in [-0.3, -0.25) is 10.1 Å². The molecule has 0 aliphatic heterocycles. The molecule has 7 nitrogen and oxygen atoms in total. The first-order valence-electron chi connectivity index (χ1n) is 8.89. The van der Waals surface area contributed by atoms with E-state index in [9.17, 15) is 19.7 Å². The molecule has 3 atom stereocenters. The van der Waals surface area contributed by atoms with Gasteiger partial charge in [0.25, 0.3) is 5.69 Å². The van der Waals surface area contributed by atoms with Crippen molar-refractivity contribution in [3.63, 3.8) is 0 Å². The van der Waals surface area contributed by atoms with Crippen molar-refractivity contribution in [2.75, 3.05) is 6.61 Å². The fourth-order valence-corrected chi connectivity index (χ4v) is 3.41. The molecule has 0 spiro atoms. The molecule has 0 radical (unpaired) electrons. The molecule has 0 aromatic heterocycles. The Labute approximate surface area is 152 Å². The second-order valence-corrected chi connectivity index (χ2v) is 7.24. The Morgan fingerprint density at radius 2 is 2.04 bits per heavy atom. The van der Waals surface area contributed by atoms with E-state index < -0.39 is 23.5 Å².